The standard InChI is InChI=1S/C19H31N2O10PS/c1-4-29-32(28)30-12-19(2,3)17(31-32)18(27)21-8-7-14(23)20-9-10-33-16(26)11-13(22)5-6-15(24)25/h17H,4-12H2,1-3H3,(H,20,23)(H,21,27)(H,24,25)/t17-,32?/m0/s1. The minimum Gasteiger partial charge on any atom is -0.481 e. The molecule has 0 saturated carbocycles. The number of thioether (sulfide) groups is 1. The number of hydrogen-bond acceptors (Lipinski definition) is 10. The maximum Gasteiger partial charge on any atom is 0.475 e. The van der Waals surface area contributed by atoms with Crippen molar-refractivity contribution < 1.29 is 47.2 Å². The molecule has 0 bridgehead atoms. The highest BCUT2D eigenvalue weighted by Crippen LogP contribution is 2.57. The van der Waals surface area contributed by atoms with Gasteiger partial charge in [0.05, 0.1) is 26.1 Å². The summed E-state index contributed by atoms with van der Waals surface area (Å²) in [6.07, 6.45) is -1.95. The summed E-state index contributed by atoms with van der Waals surface area (Å²) in [6, 6.07) is 0. The number of carbonyl (C=O) groups is 5. The van der Waals surface area contributed by atoms with Gasteiger partial charge in [-0.25, -0.2) is 4.57 Å². The number of rotatable bonds is 14. The number of hydrogen-bond donors (Lipinski definition) is 3. The van der Waals surface area contributed by atoms with Crippen LogP contribution in [0.5, 0.6) is 0 Å². The Balaban J connectivity index is 2.27. The zero-order valence-electron chi connectivity index (χ0n) is 18.9. The molecular weight excluding hydrogens is 479 g/mol. The number of aliphatic carboxylic acids is 1. The van der Waals surface area contributed by atoms with Crippen LogP contribution in [-0.4, -0.2) is 71.9 Å². The first-order valence-corrected chi connectivity index (χ1v) is 12.8. The van der Waals surface area contributed by atoms with Gasteiger partial charge in [-0.1, -0.05) is 25.6 Å². The SMILES string of the molecule is CCOP1(=O)OCC(C)(C)[C@H](C(=O)NCCC(=O)NCCSC(=O)CC(=O)CCC(=O)O)O1. The Morgan fingerprint density at radius 1 is 1.12 bits per heavy atom. The molecule has 1 aliphatic heterocycles. The average molecular weight is 511 g/mol. The van der Waals surface area contributed by atoms with Gasteiger partial charge in [0.25, 0.3) is 0 Å². The lowest BCUT2D eigenvalue weighted by molar-refractivity contribution is -0.141. The van der Waals surface area contributed by atoms with Gasteiger partial charge in [-0.3, -0.25) is 37.5 Å². The van der Waals surface area contributed by atoms with Crippen LogP contribution in [0.4, 0.5) is 0 Å². The summed E-state index contributed by atoms with van der Waals surface area (Å²) in [7, 11) is -3.82. The third kappa shape index (κ3) is 11.3. The molecule has 1 fully saturated rings. The molecule has 0 aromatic heterocycles. The topological polar surface area (TPSA) is 174 Å². The second kappa shape index (κ2) is 13.8. The van der Waals surface area contributed by atoms with Crippen LogP contribution in [-0.2, 0) is 42.1 Å². The van der Waals surface area contributed by atoms with Crippen LogP contribution in [0.3, 0.4) is 0 Å². The van der Waals surface area contributed by atoms with Crippen molar-refractivity contribution in [1.29, 1.82) is 0 Å². The fourth-order valence-corrected chi connectivity index (χ4v) is 4.97. The van der Waals surface area contributed by atoms with Crippen molar-refractivity contribution in [3.63, 3.8) is 0 Å². The quantitative estimate of drug-likeness (QED) is 0.174. The van der Waals surface area contributed by atoms with Crippen molar-refractivity contribution in [1.82, 2.24) is 10.6 Å². The number of carbonyl (C=O) groups excluding carboxylic acids is 4. The van der Waals surface area contributed by atoms with E-state index in [-0.39, 0.29) is 63.6 Å². The van der Waals surface area contributed by atoms with Gasteiger partial charge in [0.2, 0.25) is 11.8 Å². The first kappa shape index (κ1) is 29.2. The highest BCUT2D eigenvalue weighted by molar-refractivity contribution is 8.13. The smallest absolute Gasteiger partial charge is 0.475 e. The summed E-state index contributed by atoms with van der Waals surface area (Å²) >= 11 is 0.874. The van der Waals surface area contributed by atoms with Gasteiger partial charge < -0.3 is 15.7 Å². The highest BCUT2D eigenvalue weighted by atomic mass is 32.2. The first-order valence-electron chi connectivity index (χ1n) is 10.4. The van der Waals surface area contributed by atoms with Crippen molar-refractivity contribution in [2.45, 2.75) is 52.6 Å². The number of amides is 2. The Hall–Kier alpha value is -1.79. The molecule has 188 valence electrons. The van der Waals surface area contributed by atoms with Crippen LogP contribution in [0.2, 0.25) is 0 Å². The van der Waals surface area contributed by atoms with Crippen molar-refractivity contribution in [2.75, 3.05) is 32.1 Å². The van der Waals surface area contributed by atoms with Gasteiger partial charge in [0.1, 0.15) is 5.78 Å². The summed E-state index contributed by atoms with van der Waals surface area (Å²) in [4.78, 5) is 57.9. The molecular formula is C19H31N2O10PS. The summed E-state index contributed by atoms with van der Waals surface area (Å²) < 4.78 is 27.8. The molecule has 2 atom stereocenters. The van der Waals surface area contributed by atoms with Gasteiger partial charge in [-0.15, -0.1) is 0 Å². The molecule has 1 saturated heterocycles. The molecule has 1 heterocycles. The van der Waals surface area contributed by atoms with Gasteiger partial charge in [0.15, 0.2) is 11.2 Å². The molecule has 0 aromatic carbocycles. The lowest BCUT2D eigenvalue weighted by Crippen LogP contribution is -2.50. The third-order valence-corrected chi connectivity index (χ3v) is 6.73. The first-order chi connectivity index (χ1) is 15.4. The number of nitrogens with one attached hydrogen (secondary N) is 2. The van der Waals surface area contributed by atoms with E-state index in [2.05, 4.69) is 10.6 Å². The summed E-state index contributed by atoms with van der Waals surface area (Å²) in [5.41, 5.74) is -0.754. The Kier molecular flexibility index (Phi) is 12.2. The molecule has 0 aliphatic carbocycles. The fourth-order valence-electron chi connectivity index (χ4n) is 2.63. The maximum absolute atomic E-state index is 12.5. The molecule has 2 amide bonds. The van der Waals surface area contributed by atoms with Crippen molar-refractivity contribution in [3.8, 4) is 0 Å². The molecule has 1 unspecified atom stereocenters. The number of ketones is 1. The maximum atomic E-state index is 12.5. The zero-order chi connectivity index (χ0) is 25.1. The van der Waals surface area contributed by atoms with E-state index in [4.69, 9.17) is 18.7 Å². The van der Waals surface area contributed by atoms with Crippen LogP contribution in [0.25, 0.3) is 0 Å². The number of phosphoric ester groups is 1. The van der Waals surface area contributed by atoms with E-state index in [9.17, 15) is 28.5 Å². The van der Waals surface area contributed by atoms with Crippen LogP contribution in [0.15, 0.2) is 0 Å². The van der Waals surface area contributed by atoms with Crippen LogP contribution in [0.1, 0.15) is 46.5 Å². The van der Waals surface area contributed by atoms with E-state index < -0.39 is 42.1 Å². The second-order valence-corrected chi connectivity index (χ2v) is 10.6. The Morgan fingerprint density at radius 3 is 2.45 bits per heavy atom. The lowest BCUT2D eigenvalue weighted by Gasteiger charge is -2.39. The average Bonchev–Trinajstić information content (AvgIpc) is 2.72. The van der Waals surface area contributed by atoms with E-state index in [1.165, 1.54) is 0 Å². The molecule has 33 heavy (non-hydrogen) atoms. The summed E-state index contributed by atoms with van der Waals surface area (Å²) in [6.45, 7) is 5.36. The predicted molar refractivity (Wildman–Crippen MR) is 118 cm³/mol. The van der Waals surface area contributed by atoms with Crippen molar-refractivity contribution >= 4 is 48.3 Å². The lowest BCUT2D eigenvalue weighted by atomic mass is 9.87. The highest BCUT2D eigenvalue weighted by Gasteiger charge is 2.48. The fraction of sp³-hybridized carbons (Fsp3) is 0.737. The minimum atomic E-state index is -3.82. The zero-order valence-corrected chi connectivity index (χ0v) is 20.6. The molecule has 12 nitrogen and oxygen atoms in total. The number of Topliss-reactive ketones (excluding diaryl/α,β-unsaturated/α-hetero) is 1. The summed E-state index contributed by atoms with van der Waals surface area (Å²) in [5.74, 6) is -2.18. The number of carboxylic acids is 1. The van der Waals surface area contributed by atoms with E-state index in [0.717, 1.165) is 11.8 Å². The number of carboxylic acid groups (broad SMARTS) is 1. The van der Waals surface area contributed by atoms with E-state index in [0.29, 0.717) is 0 Å². The van der Waals surface area contributed by atoms with Crippen LogP contribution >= 0.6 is 19.6 Å². The molecule has 1 rings (SSSR count). The second-order valence-electron chi connectivity index (χ2n) is 7.83. The number of phosphoric acid groups is 1. The van der Waals surface area contributed by atoms with Crippen LogP contribution in [0, 0.1) is 5.41 Å². The van der Waals surface area contributed by atoms with Gasteiger partial charge in [-0.2, -0.15) is 0 Å². The normalized spacial score (nSPS) is 21.7. The van der Waals surface area contributed by atoms with Crippen molar-refractivity contribution in [3.05, 3.63) is 0 Å². The molecule has 0 radical (unpaired) electrons. The van der Waals surface area contributed by atoms with Crippen LogP contribution < -0.4 is 10.6 Å². The Morgan fingerprint density at radius 2 is 1.82 bits per heavy atom. The molecule has 3 N–H and O–H groups in total. The van der Waals surface area contributed by atoms with E-state index in [1.807, 2.05) is 0 Å². The van der Waals surface area contributed by atoms with Crippen molar-refractivity contribution in [2.24, 2.45) is 5.41 Å². The predicted octanol–water partition coefficient (Wildman–Crippen LogP) is 1.28. The molecule has 1 aliphatic rings. The van der Waals surface area contributed by atoms with E-state index in [1.54, 1.807) is 20.8 Å². The van der Waals surface area contributed by atoms with Gasteiger partial charge in [-0.05, 0) is 6.92 Å². The Bertz CT molecular complexity index is 789. The monoisotopic (exact) mass is 510 g/mol. The largest absolute Gasteiger partial charge is 0.481 e. The van der Waals surface area contributed by atoms with Gasteiger partial charge >= 0.3 is 13.8 Å². The minimum absolute atomic E-state index is 0.00436. The molecule has 0 spiro atoms. The molecule has 0 aromatic rings. The summed E-state index contributed by atoms with van der Waals surface area (Å²) in [5, 5.41) is 13.3. The Labute approximate surface area is 196 Å². The third-order valence-electron chi connectivity index (χ3n) is 4.36. The molecule has 14 heteroatoms. The van der Waals surface area contributed by atoms with E-state index >= 15 is 0 Å². The van der Waals surface area contributed by atoms with Gasteiger partial charge in [0, 0.05) is 37.1 Å².